The van der Waals surface area contributed by atoms with Crippen LogP contribution in [-0.4, -0.2) is 41.4 Å². The SMILES string of the molecule is CCOC(=O)C(F)(F)SC1(C(=O)OC)Cc2cc(Br)ccc2C1=O. The highest BCUT2D eigenvalue weighted by Gasteiger charge is 2.61. The van der Waals surface area contributed by atoms with Crippen molar-refractivity contribution >= 4 is 45.4 Å². The van der Waals surface area contributed by atoms with Gasteiger partial charge in [0.2, 0.25) is 0 Å². The lowest BCUT2D eigenvalue weighted by molar-refractivity contribution is -0.159. The van der Waals surface area contributed by atoms with E-state index in [0.29, 0.717) is 10.0 Å². The standard InChI is InChI=1S/C15H13BrF2O5S/c1-3-23-13(21)15(17,18)24-14(12(20)22-2)7-8-6-9(16)4-5-10(8)11(14)19/h4-6H,3,7H2,1-2H3. The third-order valence-electron chi connectivity index (χ3n) is 3.45. The fourth-order valence-electron chi connectivity index (χ4n) is 2.43. The number of ketones is 1. The van der Waals surface area contributed by atoms with Crippen LogP contribution in [0.2, 0.25) is 0 Å². The van der Waals surface area contributed by atoms with Gasteiger partial charge in [0.05, 0.1) is 13.7 Å². The van der Waals surface area contributed by atoms with E-state index in [1.54, 1.807) is 12.1 Å². The number of carbonyl (C=O) groups excluding carboxylic acids is 3. The number of benzene rings is 1. The van der Waals surface area contributed by atoms with Crippen LogP contribution in [0, 0.1) is 0 Å². The van der Waals surface area contributed by atoms with Gasteiger partial charge in [0.1, 0.15) is 0 Å². The van der Waals surface area contributed by atoms with Gasteiger partial charge in [-0.3, -0.25) is 9.59 Å². The minimum Gasteiger partial charge on any atom is -0.468 e. The van der Waals surface area contributed by atoms with E-state index in [-0.39, 0.29) is 30.4 Å². The molecule has 5 nitrogen and oxygen atoms in total. The van der Waals surface area contributed by atoms with Crippen LogP contribution in [0.5, 0.6) is 0 Å². The van der Waals surface area contributed by atoms with Crippen LogP contribution in [-0.2, 0) is 25.5 Å². The van der Waals surface area contributed by atoms with Crippen LogP contribution >= 0.6 is 27.7 Å². The summed E-state index contributed by atoms with van der Waals surface area (Å²) in [7, 11) is 0.999. The monoisotopic (exact) mass is 422 g/mol. The zero-order chi connectivity index (χ0) is 18.1. The summed E-state index contributed by atoms with van der Waals surface area (Å²) in [5, 5.41) is -4.07. The predicted octanol–water partition coefficient (Wildman–Crippen LogP) is 2.99. The maximum absolute atomic E-state index is 14.2. The first-order valence-corrected chi connectivity index (χ1v) is 8.45. The number of hydrogen-bond acceptors (Lipinski definition) is 6. The van der Waals surface area contributed by atoms with Crippen LogP contribution in [0.1, 0.15) is 22.8 Å². The molecule has 1 aromatic rings. The number of methoxy groups -OCH3 is 1. The zero-order valence-electron chi connectivity index (χ0n) is 12.7. The van der Waals surface area contributed by atoms with E-state index in [1.807, 2.05) is 0 Å². The number of alkyl halides is 2. The molecule has 2 rings (SSSR count). The van der Waals surface area contributed by atoms with Gasteiger partial charge < -0.3 is 9.47 Å². The number of esters is 2. The first kappa shape index (κ1) is 18.9. The molecule has 0 aromatic heterocycles. The fourth-order valence-corrected chi connectivity index (χ4v) is 4.01. The molecule has 0 bridgehead atoms. The van der Waals surface area contributed by atoms with Crippen molar-refractivity contribution < 1.29 is 32.6 Å². The molecule has 0 N–H and O–H groups in total. The molecule has 130 valence electrons. The van der Waals surface area contributed by atoms with E-state index in [0.717, 1.165) is 7.11 Å². The molecule has 0 heterocycles. The van der Waals surface area contributed by atoms with Crippen LogP contribution in [0.25, 0.3) is 0 Å². The number of rotatable bonds is 5. The molecular weight excluding hydrogens is 410 g/mol. The van der Waals surface area contributed by atoms with Crippen LogP contribution < -0.4 is 0 Å². The number of fused-ring (bicyclic) bond motifs is 1. The Kier molecular flexibility index (Phi) is 5.34. The maximum Gasteiger partial charge on any atom is 0.390 e. The Morgan fingerprint density at radius 1 is 1.42 bits per heavy atom. The first-order valence-electron chi connectivity index (χ1n) is 6.84. The molecular formula is C15H13BrF2O5S. The molecule has 0 fully saturated rings. The third-order valence-corrected chi connectivity index (χ3v) is 5.21. The van der Waals surface area contributed by atoms with Crippen molar-refractivity contribution in [2.45, 2.75) is 23.3 Å². The van der Waals surface area contributed by atoms with Crippen LogP contribution in [0.3, 0.4) is 0 Å². The summed E-state index contributed by atoms with van der Waals surface area (Å²) in [6.45, 7) is 1.13. The summed E-state index contributed by atoms with van der Waals surface area (Å²) in [4.78, 5) is 36.3. The van der Waals surface area contributed by atoms with E-state index in [9.17, 15) is 23.2 Å². The Morgan fingerprint density at radius 3 is 2.67 bits per heavy atom. The molecule has 0 aliphatic heterocycles. The number of ether oxygens (including phenoxy) is 2. The molecule has 1 atom stereocenters. The van der Waals surface area contributed by atoms with Gasteiger partial charge in [-0.1, -0.05) is 15.9 Å². The molecule has 9 heteroatoms. The average Bonchev–Trinajstić information content (AvgIpc) is 2.78. The topological polar surface area (TPSA) is 69.7 Å². The number of thioether (sulfide) groups is 1. The average molecular weight is 423 g/mol. The van der Waals surface area contributed by atoms with Crippen molar-refractivity contribution in [2.75, 3.05) is 13.7 Å². The molecule has 1 aromatic carbocycles. The number of carbonyl (C=O) groups is 3. The van der Waals surface area contributed by atoms with Gasteiger partial charge in [0.25, 0.3) is 0 Å². The summed E-state index contributed by atoms with van der Waals surface area (Å²) >= 11 is 2.89. The Bertz CT molecular complexity index is 709. The summed E-state index contributed by atoms with van der Waals surface area (Å²) in [6, 6.07) is 4.58. The molecule has 0 saturated carbocycles. The van der Waals surface area contributed by atoms with Gasteiger partial charge >= 0.3 is 17.2 Å². The van der Waals surface area contributed by atoms with Crippen molar-refractivity contribution in [1.29, 1.82) is 0 Å². The highest BCUT2D eigenvalue weighted by atomic mass is 79.9. The number of halogens is 3. The molecule has 0 radical (unpaired) electrons. The molecule has 24 heavy (non-hydrogen) atoms. The Balaban J connectivity index is 2.46. The molecule has 1 aliphatic rings. The van der Waals surface area contributed by atoms with Gasteiger partial charge in [-0.15, -0.1) is 0 Å². The Labute approximate surface area is 149 Å². The lowest BCUT2D eigenvalue weighted by atomic mass is 10.0. The van der Waals surface area contributed by atoms with Crippen molar-refractivity contribution in [1.82, 2.24) is 0 Å². The third kappa shape index (κ3) is 3.19. The van der Waals surface area contributed by atoms with Crippen molar-refractivity contribution in [2.24, 2.45) is 0 Å². The van der Waals surface area contributed by atoms with Crippen LogP contribution in [0.4, 0.5) is 8.78 Å². The fraction of sp³-hybridized carbons (Fsp3) is 0.400. The minimum absolute atomic E-state index is 0.149. The van der Waals surface area contributed by atoms with E-state index in [4.69, 9.17) is 0 Å². The number of hydrogen-bond donors (Lipinski definition) is 0. The number of Topliss-reactive ketones (excluding diaryl/α,β-unsaturated/α-hetero) is 1. The maximum atomic E-state index is 14.2. The lowest BCUT2D eigenvalue weighted by Crippen LogP contribution is -2.47. The highest BCUT2D eigenvalue weighted by Crippen LogP contribution is 2.49. The minimum atomic E-state index is -4.07. The largest absolute Gasteiger partial charge is 0.468 e. The lowest BCUT2D eigenvalue weighted by Gasteiger charge is -2.27. The van der Waals surface area contributed by atoms with E-state index in [2.05, 4.69) is 25.4 Å². The van der Waals surface area contributed by atoms with Gasteiger partial charge in [0.15, 0.2) is 10.5 Å². The second-order valence-electron chi connectivity index (χ2n) is 4.97. The van der Waals surface area contributed by atoms with Gasteiger partial charge in [0, 0.05) is 16.5 Å². The second-order valence-corrected chi connectivity index (χ2v) is 7.29. The Hall–Kier alpha value is -1.48. The normalized spacial score (nSPS) is 19.8. The summed E-state index contributed by atoms with van der Waals surface area (Å²) in [5.74, 6) is -3.75. The quantitative estimate of drug-likeness (QED) is 0.536. The smallest absolute Gasteiger partial charge is 0.390 e. The van der Waals surface area contributed by atoms with E-state index < -0.39 is 27.7 Å². The molecule has 0 amide bonds. The van der Waals surface area contributed by atoms with Crippen molar-refractivity contribution in [3.63, 3.8) is 0 Å². The van der Waals surface area contributed by atoms with Crippen molar-refractivity contribution in [3.8, 4) is 0 Å². The Morgan fingerprint density at radius 2 is 2.08 bits per heavy atom. The predicted molar refractivity (Wildman–Crippen MR) is 86.1 cm³/mol. The van der Waals surface area contributed by atoms with Crippen molar-refractivity contribution in [3.05, 3.63) is 33.8 Å². The molecule has 0 saturated heterocycles. The van der Waals surface area contributed by atoms with Gasteiger partial charge in [-0.2, -0.15) is 8.78 Å². The molecule has 0 spiro atoms. The first-order chi connectivity index (χ1) is 11.2. The molecule has 1 unspecified atom stereocenters. The zero-order valence-corrected chi connectivity index (χ0v) is 15.1. The second kappa shape index (κ2) is 6.79. The highest BCUT2D eigenvalue weighted by molar-refractivity contribution is 9.10. The summed E-state index contributed by atoms with van der Waals surface area (Å²) in [6.07, 6.45) is -0.299. The molecule has 1 aliphatic carbocycles. The van der Waals surface area contributed by atoms with Crippen LogP contribution in [0.15, 0.2) is 22.7 Å². The summed E-state index contributed by atoms with van der Waals surface area (Å²) in [5.41, 5.74) is 0.572. The van der Waals surface area contributed by atoms with E-state index in [1.165, 1.54) is 13.0 Å². The van der Waals surface area contributed by atoms with Gasteiger partial charge in [-0.25, -0.2) is 4.79 Å². The van der Waals surface area contributed by atoms with E-state index >= 15 is 0 Å². The van der Waals surface area contributed by atoms with Gasteiger partial charge in [-0.05, 0) is 42.4 Å². The summed E-state index contributed by atoms with van der Waals surface area (Å²) < 4.78 is 35.7.